The highest BCUT2D eigenvalue weighted by molar-refractivity contribution is 5.69. The highest BCUT2D eigenvalue weighted by Crippen LogP contribution is 2.33. The molecular weight excluding hydrogens is 308 g/mol. The normalized spacial score (nSPS) is 17.5. The summed E-state index contributed by atoms with van der Waals surface area (Å²) in [6.45, 7) is 8.13. The average Bonchev–Trinajstić information content (AvgIpc) is 2.86. The maximum atomic E-state index is 12.2. The van der Waals surface area contributed by atoms with Gasteiger partial charge in [-0.2, -0.15) is 4.98 Å². The highest BCUT2D eigenvalue weighted by Gasteiger charge is 2.39. The van der Waals surface area contributed by atoms with E-state index in [2.05, 4.69) is 15.1 Å². The van der Waals surface area contributed by atoms with Crippen molar-refractivity contribution in [1.82, 2.24) is 20.0 Å². The molecule has 0 radical (unpaired) electrons. The predicted molar refractivity (Wildman–Crippen MR) is 86.4 cm³/mol. The first-order valence-electron chi connectivity index (χ1n) is 8.05. The van der Waals surface area contributed by atoms with Crippen molar-refractivity contribution in [3.8, 4) is 0 Å². The van der Waals surface area contributed by atoms with Gasteiger partial charge in [0.15, 0.2) is 5.82 Å². The Hall–Kier alpha value is -2.44. The van der Waals surface area contributed by atoms with E-state index < -0.39 is 5.60 Å². The lowest BCUT2D eigenvalue weighted by Gasteiger charge is -2.39. The minimum atomic E-state index is -0.516. The molecule has 3 rings (SSSR count). The number of rotatable bonds is 3. The van der Waals surface area contributed by atoms with Crippen LogP contribution in [0.3, 0.4) is 0 Å². The molecule has 1 fully saturated rings. The van der Waals surface area contributed by atoms with E-state index in [9.17, 15) is 4.79 Å². The van der Waals surface area contributed by atoms with Crippen molar-refractivity contribution in [2.75, 3.05) is 6.54 Å². The molecule has 0 N–H and O–H groups in total. The van der Waals surface area contributed by atoms with Crippen LogP contribution in [0.25, 0.3) is 0 Å². The summed E-state index contributed by atoms with van der Waals surface area (Å²) in [7, 11) is 0. The van der Waals surface area contributed by atoms with E-state index in [0.29, 0.717) is 24.7 Å². The zero-order valence-corrected chi connectivity index (χ0v) is 14.4. The standard InChI is InChI=1S/C17H22N4O3/c1-11-5-6-12(10-18-11)9-14-19-15(20-24-14)13-7-8-21(13)16(22)23-17(2,3)4/h5-6,10,13H,7-9H2,1-4H3. The molecule has 0 aromatic carbocycles. The molecule has 1 amide bonds. The third-order valence-electron chi connectivity index (χ3n) is 3.76. The van der Waals surface area contributed by atoms with E-state index in [1.165, 1.54) is 0 Å². The number of aryl methyl sites for hydroxylation is 1. The van der Waals surface area contributed by atoms with Crippen molar-refractivity contribution < 1.29 is 14.1 Å². The molecule has 7 heteroatoms. The third kappa shape index (κ3) is 3.72. The summed E-state index contributed by atoms with van der Waals surface area (Å²) in [6.07, 6.45) is 2.80. The van der Waals surface area contributed by atoms with Crippen molar-refractivity contribution in [3.05, 3.63) is 41.3 Å². The molecule has 0 bridgehead atoms. The number of hydrogen-bond acceptors (Lipinski definition) is 6. The van der Waals surface area contributed by atoms with Crippen LogP contribution in [0.15, 0.2) is 22.9 Å². The van der Waals surface area contributed by atoms with Crippen LogP contribution in [-0.2, 0) is 11.2 Å². The Bertz CT molecular complexity index is 718. The maximum Gasteiger partial charge on any atom is 0.410 e. The lowest BCUT2D eigenvalue weighted by Crippen LogP contribution is -2.47. The first-order valence-corrected chi connectivity index (χ1v) is 8.05. The van der Waals surface area contributed by atoms with Gasteiger partial charge in [-0.3, -0.25) is 9.88 Å². The number of carbonyl (C=O) groups is 1. The second-order valence-corrected chi connectivity index (χ2v) is 7.01. The maximum absolute atomic E-state index is 12.2. The van der Waals surface area contributed by atoms with Crippen LogP contribution in [0, 0.1) is 6.92 Å². The van der Waals surface area contributed by atoms with E-state index in [1.807, 2.05) is 39.8 Å². The summed E-state index contributed by atoms with van der Waals surface area (Å²) in [4.78, 5) is 22.5. The largest absolute Gasteiger partial charge is 0.444 e. The minimum Gasteiger partial charge on any atom is -0.444 e. The SMILES string of the molecule is Cc1ccc(Cc2nc(C3CCN3C(=O)OC(C)(C)C)no2)cn1. The van der Waals surface area contributed by atoms with Crippen molar-refractivity contribution >= 4 is 6.09 Å². The van der Waals surface area contributed by atoms with Crippen molar-refractivity contribution in [1.29, 1.82) is 0 Å². The van der Waals surface area contributed by atoms with Gasteiger partial charge in [0.05, 0.1) is 6.42 Å². The van der Waals surface area contributed by atoms with E-state index in [1.54, 1.807) is 11.1 Å². The van der Waals surface area contributed by atoms with Gasteiger partial charge in [-0.1, -0.05) is 11.2 Å². The summed E-state index contributed by atoms with van der Waals surface area (Å²) in [5.74, 6) is 1.05. The lowest BCUT2D eigenvalue weighted by molar-refractivity contribution is -0.00772. The minimum absolute atomic E-state index is 0.173. The van der Waals surface area contributed by atoms with Gasteiger partial charge in [0.2, 0.25) is 5.89 Å². The quantitative estimate of drug-likeness (QED) is 0.860. The molecule has 24 heavy (non-hydrogen) atoms. The van der Waals surface area contributed by atoms with Gasteiger partial charge in [-0.05, 0) is 45.7 Å². The molecular formula is C17H22N4O3. The molecule has 128 valence electrons. The Balaban J connectivity index is 1.65. The van der Waals surface area contributed by atoms with Gasteiger partial charge >= 0.3 is 6.09 Å². The Morgan fingerprint density at radius 3 is 2.79 bits per heavy atom. The van der Waals surface area contributed by atoms with Crippen LogP contribution >= 0.6 is 0 Å². The van der Waals surface area contributed by atoms with Crippen LogP contribution in [0.2, 0.25) is 0 Å². The van der Waals surface area contributed by atoms with Crippen LogP contribution < -0.4 is 0 Å². The molecule has 0 saturated carbocycles. The van der Waals surface area contributed by atoms with Gasteiger partial charge in [-0.15, -0.1) is 0 Å². The number of carbonyl (C=O) groups excluding carboxylic acids is 1. The van der Waals surface area contributed by atoms with E-state index >= 15 is 0 Å². The van der Waals surface area contributed by atoms with E-state index in [0.717, 1.165) is 17.7 Å². The van der Waals surface area contributed by atoms with Gasteiger partial charge in [0.1, 0.15) is 11.6 Å². The summed E-state index contributed by atoms with van der Waals surface area (Å²) in [5, 5.41) is 4.03. The Kier molecular flexibility index (Phi) is 4.26. The first-order chi connectivity index (χ1) is 11.3. The van der Waals surface area contributed by atoms with Crippen molar-refractivity contribution in [2.45, 2.75) is 52.2 Å². The molecule has 2 aromatic rings. The van der Waals surface area contributed by atoms with E-state index in [-0.39, 0.29) is 12.1 Å². The van der Waals surface area contributed by atoms with Gasteiger partial charge < -0.3 is 9.26 Å². The number of aromatic nitrogens is 3. The lowest BCUT2D eigenvalue weighted by atomic mass is 10.0. The molecule has 1 saturated heterocycles. The monoisotopic (exact) mass is 330 g/mol. The smallest absolute Gasteiger partial charge is 0.410 e. The predicted octanol–water partition coefficient (Wildman–Crippen LogP) is 3.05. The molecule has 0 aliphatic carbocycles. The number of ether oxygens (including phenoxy) is 1. The summed E-state index contributed by atoms with van der Waals surface area (Å²) < 4.78 is 10.7. The zero-order chi connectivity index (χ0) is 17.3. The molecule has 1 unspecified atom stereocenters. The van der Waals surface area contributed by atoms with Gasteiger partial charge in [-0.25, -0.2) is 4.79 Å². The number of amides is 1. The Morgan fingerprint density at radius 1 is 1.42 bits per heavy atom. The number of likely N-dealkylation sites (tertiary alicyclic amines) is 1. The molecule has 7 nitrogen and oxygen atoms in total. The Labute approximate surface area is 141 Å². The Morgan fingerprint density at radius 2 is 2.21 bits per heavy atom. The zero-order valence-electron chi connectivity index (χ0n) is 14.4. The second-order valence-electron chi connectivity index (χ2n) is 7.01. The fourth-order valence-corrected chi connectivity index (χ4v) is 2.45. The fourth-order valence-electron chi connectivity index (χ4n) is 2.45. The summed E-state index contributed by atoms with van der Waals surface area (Å²) in [6, 6.07) is 3.76. The number of pyridine rings is 1. The summed E-state index contributed by atoms with van der Waals surface area (Å²) >= 11 is 0. The van der Waals surface area contributed by atoms with Gasteiger partial charge in [0, 0.05) is 18.4 Å². The highest BCUT2D eigenvalue weighted by atomic mass is 16.6. The van der Waals surface area contributed by atoms with Crippen molar-refractivity contribution in [2.24, 2.45) is 0 Å². The van der Waals surface area contributed by atoms with E-state index in [4.69, 9.17) is 9.26 Å². The van der Waals surface area contributed by atoms with Crippen LogP contribution in [-0.4, -0.2) is 38.3 Å². The molecule has 3 heterocycles. The average molecular weight is 330 g/mol. The molecule has 0 spiro atoms. The summed E-state index contributed by atoms with van der Waals surface area (Å²) in [5.41, 5.74) is 1.46. The van der Waals surface area contributed by atoms with Crippen LogP contribution in [0.1, 0.15) is 56.2 Å². The van der Waals surface area contributed by atoms with Gasteiger partial charge in [0.25, 0.3) is 0 Å². The second kappa shape index (κ2) is 6.22. The van der Waals surface area contributed by atoms with Crippen LogP contribution in [0.4, 0.5) is 4.79 Å². The molecule has 1 aliphatic heterocycles. The van der Waals surface area contributed by atoms with Crippen LogP contribution in [0.5, 0.6) is 0 Å². The first kappa shape index (κ1) is 16.4. The molecule has 1 aliphatic rings. The topological polar surface area (TPSA) is 81.4 Å². The molecule has 1 atom stereocenters. The fraction of sp³-hybridized carbons (Fsp3) is 0.529. The third-order valence-corrected chi connectivity index (χ3v) is 3.76. The number of hydrogen-bond donors (Lipinski definition) is 0. The molecule has 2 aromatic heterocycles. The number of nitrogens with zero attached hydrogens (tertiary/aromatic N) is 4. The van der Waals surface area contributed by atoms with Crippen molar-refractivity contribution in [3.63, 3.8) is 0 Å².